The van der Waals surface area contributed by atoms with E-state index in [1.807, 2.05) is 30.5 Å². The van der Waals surface area contributed by atoms with Crippen molar-refractivity contribution in [3.63, 3.8) is 0 Å². The number of amides is 1. The van der Waals surface area contributed by atoms with Gasteiger partial charge in [0.15, 0.2) is 16.4 Å². The summed E-state index contributed by atoms with van der Waals surface area (Å²) in [6.07, 6.45) is 3.90. The molecule has 1 fully saturated rings. The van der Waals surface area contributed by atoms with E-state index in [2.05, 4.69) is 10.3 Å². The quantitative estimate of drug-likeness (QED) is 0.698. The van der Waals surface area contributed by atoms with E-state index in [1.165, 1.54) is 0 Å². The molecule has 27 heavy (non-hydrogen) atoms. The number of benzene rings is 1. The second-order valence-electron chi connectivity index (χ2n) is 7.32. The molecular weight excluding hydrogens is 368 g/mol. The molecule has 2 heterocycles. The Morgan fingerprint density at radius 3 is 2.81 bits per heavy atom. The Bertz CT molecular complexity index is 950. The van der Waals surface area contributed by atoms with Gasteiger partial charge in [-0.25, -0.2) is 8.42 Å². The lowest BCUT2D eigenvalue weighted by atomic mass is 10.0. The average molecular weight is 392 g/mol. The molecule has 1 atom stereocenters. The van der Waals surface area contributed by atoms with Gasteiger partial charge in [-0.3, -0.25) is 9.59 Å². The molecule has 146 valence electrons. The van der Waals surface area contributed by atoms with E-state index in [0.717, 1.165) is 22.9 Å². The number of aromatic amines is 1. The van der Waals surface area contributed by atoms with E-state index in [4.69, 9.17) is 4.74 Å². The Hall–Kier alpha value is -2.35. The van der Waals surface area contributed by atoms with E-state index >= 15 is 0 Å². The molecule has 0 unspecified atom stereocenters. The third kappa shape index (κ3) is 5.09. The highest BCUT2D eigenvalue weighted by Crippen LogP contribution is 2.22. The van der Waals surface area contributed by atoms with Crippen LogP contribution in [0.25, 0.3) is 10.9 Å². The lowest BCUT2D eigenvalue weighted by Gasteiger charge is -2.23. The third-order valence-electron chi connectivity index (χ3n) is 4.81. The first kappa shape index (κ1) is 19.4. The number of aromatic nitrogens is 1. The molecule has 1 saturated heterocycles. The first-order chi connectivity index (χ1) is 12.8. The monoisotopic (exact) mass is 392 g/mol. The summed E-state index contributed by atoms with van der Waals surface area (Å²) in [4.78, 5) is 27.0. The zero-order valence-corrected chi connectivity index (χ0v) is 16.1. The molecule has 7 nitrogen and oxygen atoms in total. The number of rotatable bonds is 7. The van der Waals surface area contributed by atoms with Gasteiger partial charge in [0.2, 0.25) is 0 Å². The van der Waals surface area contributed by atoms with Crippen LogP contribution in [0.4, 0.5) is 0 Å². The number of H-pyrrole nitrogens is 1. The summed E-state index contributed by atoms with van der Waals surface area (Å²) in [6.45, 7) is 1.31. The molecule has 3 rings (SSSR count). The molecule has 8 heteroatoms. The van der Waals surface area contributed by atoms with Gasteiger partial charge in [0.05, 0.1) is 17.0 Å². The molecule has 2 aromatic rings. The van der Waals surface area contributed by atoms with Gasteiger partial charge in [0.25, 0.3) is 5.91 Å². The van der Waals surface area contributed by atoms with Crippen molar-refractivity contribution < 1.29 is 22.7 Å². The minimum atomic E-state index is -3.11. The Kier molecular flexibility index (Phi) is 5.55. The fourth-order valence-corrected chi connectivity index (χ4v) is 5.55. The van der Waals surface area contributed by atoms with Gasteiger partial charge in [-0.2, -0.15) is 0 Å². The van der Waals surface area contributed by atoms with Gasteiger partial charge in [-0.1, -0.05) is 18.2 Å². The molecule has 1 aliphatic rings. The number of sulfone groups is 1. The number of hydrogen-bond acceptors (Lipinski definition) is 5. The summed E-state index contributed by atoms with van der Waals surface area (Å²) in [5.74, 6) is -0.921. The highest BCUT2D eigenvalue weighted by molar-refractivity contribution is 7.91. The Morgan fingerprint density at radius 2 is 2.07 bits per heavy atom. The lowest BCUT2D eigenvalue weighted by Crippen LogP contribution is -2.48. The highest BCUT2D eigenvalue weighted by Gasteiger charge is 2.39. The molecule has 1 aromatic carbocycles. The third-order valence-corrected chi connectivity index (χ3v) is 6.71. The number of aryl methyl sites for hydroxylation is 1. The van der Waals surface area contributed by atoms with E-state index in [9.17, 15) is 18.0 Å². The smallest absolute Gasteiger partial charge is 0.306 e. The zero-order chi connectivity index (χ0) is 19.5. The van der Waals surface area contributed by atoms with Crippen LogP contribution in [0.3, 0.4) is 0 Å². The standard InChI is InChI=1S/C19H24N2O5S/c1-19(9-10-27(24,25)13-19)21-17(22)12-26-18(23)8-4-5-14-11-20-16-7-3-2-6-15(14)16/h2-3,6-7,11,20H,4-5,8-10,12-13H2,1H3,(H,21,22)/t19-/m0/s1. The Labute approximate surface area is 158 Å². The number of esters is 1. The van der Waals surface area contributed by atoms with E-state index in [1.54, 1.807) is 6.92 Å². The van der Waals surface area contributed by atoms with Crippen LogP contribution in [-0.4, -0.2) is 48.9 Å². The van der Waals surface area contributed by atoms with Crippen molar-refractivity contribution in [2.24, 2.45) is 0 Å². The van der Waals surface area contributed by atoms with Gasteiger partial charge in [-0.05, 0) is 37.8 Å². The molecular formula is C19H24N2O5S. The molecule has 0 bridgehead atoms. The van der Waals surface area contributed by atoms with Crippen LogP contribution < -0.4 is 5.32 Å². The van der Waals surface area contributed by atoms with Gasteiger partial charge < -0.3 is 15.0 Å². The predicted octanol–water partition coefficient (Wildman–Crippen LogP) is 1.73. The first-order valence-corrected chi connectivity index (χ1v) is 10.8. The average Bonchev–Trinajstić information content (AvgIpc) is 3.13. The van der Waals surface area contributed by atoms with Crippen molar-refractivity contribution in [3.8, 4) is 0 Å². The van der Waals surface area contributed by atoms with Crippen molar-refractivity contribution in [1.29, 1.82) is 0 Å². The summed E-state index contributed by atoms with van der Waals surface area (Å²) in [5.41, 5.74) is 1.43. The van der Waals surface area contributed by atoms with E-state index < -0.39 is 27.3 Å². The molecule has 0 aliphatic carbocycles. The zero-order valence-electron chi connectivity index (χ0n) is 15.3. The van der Waals surface area contributed by atoms with Crippen LogP contribution in [-0.2, 0) is 30.6 Å². The number of para-hydroxylation sites is 1. The maximum atomic E-state index is 11.9. The Balaban J connectivity index is 1.39. The number of ether oxygens (including phenoxy) is 1. The van der Waals surface area contributed by atoms with Crippen molar-refractivity contribution in [2.45, 2.75) is 38.1 Å². The summed E-state index contributed by atoms with van der Waals surface area (Å²) in [6, 6.07) is 7.98. The normalized spacial score (nSPS) is 21.2. The van der Waals surface area contributed by atoms with E-state index in [-0.39, 0.29) is 24.5 Å². The van der Waals surface area contributed by atoms with Crippen molar-refractivity contribution in [2.75, 3.05) is 18.1 Å². The van der Waals surface area contributed by atoms with Crippen molar-refractivity contribution >= 4 is 32.6 Å². The summed E-state index contributed by atoms with van der Waals surface area (Å²) in [5, 5.41) is 3.81. The predicted molar refractivity (Wildman–Crippen MR) is 102 cm³/mol. The molecule has 1 amide bonds. The SMILES string of the molecule is C[C@]1(NC(=O)COC(=O)CCCc2c[nH]c3ccccc23)CCS(=O)(=O)C1. The second kappa shape index (κ2) is 7.72. The number of carbonyl (C=O) groups is 2. The summed E-state index contributed by atoms with van der Waals surface area (Å²) >= 11 is 0. The first-order valence-electron chi connectivity index (χ1n) is 8.98. The van der Waals surface area contributed by atoms with Crippen LogP contribution in [0.5, 0.6) is 0 Å². The maximum absolute atomic E-state index is 11.9. The highest BCUT2D eigenvalue weighted by atomic mass is 32.2. The molecule has 0 radical (unpaired) electrons. The van der Waals surface area contributed by atoms with Crippen molar-refractivity contribution in [3.05, 3.63) is 36.0 Å². The van der Waals surface area contributed by atoms with Crippen LogP contribution in [0.1, 0.15) is 31.7 Å². The number of carbonyl (C=O) groups excluding carboxylic acids is 2. The Morgan fingerprint density at radius 1 is 1.30 bits per heavy atom. The van der Waals surface area contributed by atoms with Crippen LogP contribution in [0, 0.1) is 0 Å². The fourth-order valence-electron chi connectivity index (χ4n) is 3.46. The minimum absolute atomic E-state index is 0.0669. The van der Waals surface area contributed by atoms with Gasteiger partial charge in [0, 0.05) is 23.5 Å². The van der Waals surface area contributed by atoms with Gasteiger partial charge in [0.1, 0.15) is 0 Å². The summed E-state index contributed by atoms with van der Waals surface area (Å²) < 4.78 is 28.1. The fraction of sp³-hybridized carbons (Fsp3) is 0.474. The summed E-state index contributed by atoms with van der Waals surface area (Å²) in [7, 11) is -3.11. The van der Waals surface area contributed by atoms with Crippen LogP contribution >= 0.6 is 0 Å². The van der Waals surface area contributed by atoms with Crippen LogP contribution in [0.2, 0.25) is 0 Å². The number of fused-ring (bicyclic) bond motifs is 1. The van der Waals surface area contributed by atoms with Gasteiger partial charge >= 0.3 is 5.97 Å². The second-order valence-corrected chi connectivity index (χ2v) is 9.51. The minimum Gasteiger partial charge on any atom is -0.456 e. The van der Waals surface area contributed by atoms with Gasteiger partial charge in [-0.15, -0.1) is 0 Å². The van der Waals surface area contributed by atoms with Crippen LogP contribution in [0.15, 0.2) is 30.5 Å². The van der Waals surface area contributed by atoms with E-state index in [0.29, 0.717) is 12.8 Å². The molecule has 1 aliphatic heterocycles. The topological polar surface area (TPSA) is 105 Å². The lowest BCUT2D eigenvalue weighted by molar-refractivity contribution is -0.149. The number of nitrogens with one attached hydrogen (secondary N) is 2. The molecule has 0 spiro atoms. The maximum Gasteiger partial charge on any atom is 0.306 e. The molecule has 2 N–H and O–H groups in total. The molecule has 0 saturated carbocycles. The van der Waals surface area contributed by atoms with Crippen molar-refractivity contribution in [1.82, 2.24) is 10.3 Å². The number of hydrogen-bond donors (Lipinski definition) is 2. The molecule has 1 aromatic heterocycles. The largest absolute Gasteiger partial charge is 0.456 e.